The number of thioether (sulfide) groups is 1. The van der Waals surface area contributed by atoms with Gasteiger partial charge in [-0.1, -0.05) is 12.1 Å². The van der Waals surface area contributed by atoms with Crippen LogP contribution in [-0.2, 0) is 9.59 Å². The van der Waals surface area contributed by atoms with Crippen LogP contribution in [0.15, 0.2) is 68.9 Å². The highest BCUT2D eigenvalue weighted by molar-refractivity contribution is 8.18. The van der Waals surface area contributed by atoms with Gasteiger partial charge < -0.3 is 14.5 Å². The number of ether oxygens (including phenoxy) is 1. The van der Waals surface area contributed by atoms with Gasteiger partial charge in [0.05, 0.1) is 23.0 Å². The Bertz CT molecular complexity index is 1280. The Morgan fingerprint density at radius 3 is 2.61 bits per heavy atom. The predicted molar refractivity (Wildman–Crippen MR) is 117 cm³/mol. The number of amides is 3. The molecule has 1 saturated heterocycles. The number of imide groups is 1. The Kier molecular flexibility index (Phi) is 5.59. The van der Waals surface area contributed by atoms with Gasteiger partial charge in [0.2, 0.25) is 5.91 Å². The highest BCUT2D eigenvalue weighted by Crippen LogP contribution is 2.32. The predicted octanol–water partition coefficient (Wildman–Crippen LogP) is 3.48. The van der Waals surface area contributed by atoms with E-state index in [9.17, 15) is 19.2 Å². The van der Waals surface area contributed by atoms with Crippen LogP contribution in [0.2, 0.25) is 0 Å². The van der Waals surface area contributed by atoms with Crippen LogP contribution in [0.4, 0.5) is 10.5 Å². The van der Waals surface area contributed by atoms with Gasteiger partial charge in [-0.2, -0.15) is 0 Å². The summed E-state index contributed by atoms with van der Waals surface area (Å²) in [6.45, 7) is -0.444. The minimum atomic E-state index is -0.646. The molecule has 1 aliphatic rings. The lowest BCUT2D eigenvalue weighted by Gasteiger charge is -2.12. The molecule has 0 spiro atoms. The summed E-state index contributed by atoms with van der Waals surface area (Å²) in [6.07, 6.45) is 2.56. The largest absolute Gasteiger partial charge is 0.497 e. The molecular weight excluding hydrogens is 420 g/mol. The molecule has 1 fully saturated rings. The van der Waals surface area contributed by atoms with E-state index in [0.29, 0.717) is 34.2 Å². The molecule has 0 radical (unpaired) electrons. The molecule has 1 aromatic heterocycles. The lowest BCUT2D eigenvalue weighted by atomic mass is 10.1. The van der Waals surface area contributed by atoms with E-state index >= 15 is 0 Å². The average Bonchev–Trinajstić information content (AvgIpc) is 3.03. The fourth-order valence-electron chi connectivity index (χ4n) is 2.99. The third-order valence-electron chi connectivity index (χ3n) is 4.54. The van der Waals surface area contributed by atoms with E-state index in [1.807, 2.05) is 0 Å². The summed E-state index contributed by atoms with van der Waals surface area (Å²) < 4.78 is 10.5. The Morgan fingerprint density at radius 2 is 1.87 bits per heavy atom. The van der Waals surface area contributed by atoms with Gasteiger partial charge in [-0.05, 0) is 54.2 Å². The van der Waals surface area contributed by atoms with Crippen molar-refractivity contribution in [3.05, 3.63) is 75.5 Å². The topological polar surface area (TPSA) is 106 Å². The molecule has 1 N–H and O–H groups in total. The molecule has 8 nitrogen and oxygen atoms in total. The first kappa shape index (κ1) is 20.4. The summed E-state index contributed by atoms with van der Waals surface area (Å²) in [4.78, 5) is 50.7. The van der Waals surface area contributed by atoms with E-state index in [1.54, 1.807) is 48.5 Å². The maximum atomic E-state index is 12.7. The zero-order valence-electron chi connectivity index (χ0n) is 16.3. The number of carbonyl (C=O) groups is 3. The van der Waals surface area contributed by atoms with E-state index in [4.69, 9.17) is 9.15 Å². The van der Waals surface area contributed by atoms with Crippen molar-refractivity contribution in [3.63, 3.8) is 0 Å². The van der Waals surface area contributed by atoms with Gasteiger partial charge in [0, 0.05) is 5.69 Å². The zero-order chi connectivity index (χ0) is 22.0. The lowest BCUT2D eigenvalue weighted by Crippen LogP contribution is -2.36. The molecule has 3 aromatic rings. The van der Waals surface area contributed by atoms with Crippen LogP contribution >= 0.6 is 11.8 Å². The molecule has 0 bridgehead atoms. The van der Waals surface area contributed by atoms with Crippen LogP contribution in [0.3, 0.4) is 0 Å². The number of fused-ring (bicyclic) bond motifs is 1. The highest BCUT2D eigenvalue weighted by Gasteiger charge is 2.36. The minimum Gasteiger partial charge on any atom is -0.497 e. The second-order valence-corrected chi connectivity index (χ2v) is 7.55. The van der Waals surface area contributed by atoms with Crippen molar-refractivity contribution in [3.8, 4) is 5.75 Å². The van der Waals surface area contributed by atoms with Crippen LogP contribution in [0.5, 0.6) is 5.75 Å². The number of hydrogen-bond acceptors (Lipinski definition) is 7. The summed E-state index contributed by atoms with van der Waals surface area (Å²) in [5, 5.41) is 2.40. The second kappa shape index (κ2) is 8.49. The first-order valence-corrected chi connectivity index (χ1v) is 9.98. The average molecular weight is 436 g/mol. The molecule has 3 amide bonds. The summed E-state index contributed by atoms with van der Waals surface area (Å²) in [5.41, 5.74) is 0.757. The van der Waals surface area contributed by atoms with Crippen LogP contribution in [0.1, 0.15) is 5.56 Å². The molecule has 9 heteroatoms. The number of benzene rings is 2. The molecule has 2 aromatic carbocycles. The number of para-hydroxylation sites is 1. The maximum Gasteiger partial charge on any atom is 0.294 e. The van der Waals surface area contributed by atoms with Gasteiger partial charge in [0.15, 0.2) is 5.43 Å². The van der Waals surface area contributed by atoms with Gasteiger partial charge in [-0.3, -0.25) is 24.1 Å². The van der Waals surface area contributed by atoms with Crippen molar-refractivity contribution >= 4 is 51.5 Å². The first-order valence-electron chi connectivity index (χ1n) is 9.16. The van der Waals surface area contributed by atoms with Gasteiger partial charge in [0.1, 0.15) is 24.1 Å². The first-order chi connectivity index (χ1) is 15.0. The summed E-state index contributed by atoms with van der Waals surface area (Å²) in [5.74, 6) is -0.543. The van der Waals surface area contributed by atoms with Crippen LogP contribution < -0.4 is 15.5 Å². The smallest absolute Gasteiger partial charge is 0.294 e. The van der Waals surface area contributed by atoms with Crippen molar-refractivity contribution < 1.29 is 23.5 Å². The number of nitrogens with one attached hydrogen (secondary N) is 1. The van der Waals surface area contributed by atoms with Crippen molar-refractivity contribution in [2.24, 2.45) is 0 Å². The third kappa shape index (κ3) is 4.22. The van der Waals surface area contributed by atoms with Gasteiger partial charge in [-0.15, -0.1) is 0 Å². The zero-order valence-corrected chi connectivity index (χ0v) is 17.1. The molecular formula is C22H16N2O6S. The molecule has 0 atom stereocenters. The number of anilines is 1. The van der Waals surface area contributed by atoms with E-state index in [0.717, 1.165) is 4.90 Å². The number of methoxy groups -OCH3 is 1. The summed E-state index contributed by atoms with van der Waals surface area (Å²) >= 11 is 0.665. The molecule has 4 rings (SSSR count). The van der Waals surface area contributed by atoms with Crippen molar-refractivity contribution in [1.82, 2.24) is 4.90 Å². The molecule has 0 saturated carbocycles. The normalized spacial score (nSPS) is 15.0. The Hall–Kier alpha value is -3.85. The van der Waals surface area contributed by atoms with Crippen LogP contribution in [-0.4, -0.2) is 35.6 Å². The maximum absolute atomic E-state index is 12.7. The standard InChI is InChI=1S/C22H16N2O6S/c1-29-15-8-6-14(7-9-15)23-19(25)11-24-21(27)18(31-22(24)28)10-13-12-30-17-5-3-2-4-16(17)20(13)26/h2-10,12H,11H2,1H3,(H,23,25)/b18-10-. The van der Waals surface area contributed by atoms with E-state index in [-0.39, 0.29) is 15.9 Å². The third-order valence-corrected chi connectivity index (χ3v) is 5.45. The van der Waals surface area contributed by atoms with Crippen LogP contribution in [0, 0.1) is 0 Å². The summed E-state index contributed by atoms with van der Waals surface area (Å²) in [6, 6.07) is 13.4. The van der Waals surface area contributed by atoms with Gasteiger partial charge in [0.25, 0.3) is 11.1 Å². The SMILES string of the molecule is COc1ccc(NC(=O)CN2C(=O)S/C(=C\c3coc4ccccc4c3=O)C2=O)cc1. The molecule has 1 aliphatic heterocycles. The Balaban J connectivity index is 1.50. The second-order valence-electron chi connectivity index (χ2n) is 6.56. The highest BCUT2D eigenvalue weighted by atomic mass is 32.2. The quantitative estimate of drug-likeness (QED) is 0.611. The number of hydrogen-bond donors (Lipinski definition) is 1. The Labute approximate surface area is 180 Å². The minimum absolute atomic E-state index is 0.0461. The van der Waals surface area contributed by atoms with E-state index in [2.05, 4.69) is 5.32 Å². The molecule has 0 unspecified atom stereocenters. The molecule has 156 valence electrons. The van der Waals surface area contributed by atoms with Gasteiger partial charge in [-0.25, -0.2) is 0 Å². The van der Waals surface area contributed by atoms with Crippen molar-refractivity contribution in [2.75, 3.05) is 19.0 Å². The van der Waals surface area contributed by atoms with E-state index in [1.165, 1.54) is 19.4 Å². The van der Waals surface area contributed by atoms with Crippen molar-refractivity contribution in [1.29, 1.82) is 0 Å². The fourth-order valence-corrected chi connectivity index (χ4v) is 3.82. The lowest BCUT2D eigenvalue weighted by molar-refractivity contribution is -0.127. The number of rotatable bonds is 5. The Morgan fingerprint density at radius 1 is 1.13 bits per heavy atom. The summed E-state index contributed by atoms with van der Waals surface area (Å²) in [7, 11) is 1.53. The number of carbonyl (C=O) groups excluding carboxylic acids is 3. The van der Waals surface area contributed by atoms with Crippen molar-refractivity contribution in [2.45, 2.75) is 0 Å². The van der Waals surface area contributed by atoms with Crippen LogP contribution in [0.25, 0.3) is 17.0 Å². The molecule has 2 heterocycles. The number of nitrogens with zero attached hydrogens (tertiary/aromatic N) is 1. The molecule has 31 heavy (non-hydrogen) atoms. The monoisotopic (exact) mass is 436 g/mol. The van der Waals surface area contributed by atoms with Gasteiger partial charge >= 0.3 is 0 Å². The molecule has 0 aliphatic carbocycles. The fraction of sp³-hybridized carbons (Fsp3) is 0.0909. The van der Waals surface area contributed by atoms with E-state index < -0.39 is 23.6 Å².